The highest BCUT2D eigenvalue weighted by Gasteiger charge is 2.27. The number of sulfonamides is 2. The number of rotatable bonds is 8. The van der Waals surface area contributed by atoms with Crippen molar-refractivity contribution in [3.05, 3.63) is 47.5 Å². The Morgan fingerprint density at radius 2 is 1.70 bits per heavy atom. The zero-order chi connectivity index (χ0) is 24.2. The van der Waals surface area contributed by atoms with Gasteiger partial charge in [-0.3, -0.25) is 9.10 Å². The van der Waals surface area contributed by atoms with Crippen molar-refractivity contribution in [1.29, 1.82) is 0 Å². The normalized spacial score (nSPS) is 15.1. The SMILES string of the molecule is COc1ccc(S(=O)(=O)N2CCCCC2)cc1NC(=O)CN(c1ccc(Cl)cc1)S(C)(=O)=O. The van der Waals surface area contributed by atoms with Crippen LogP contribution in [0.25, 0.3) is 0 Å². The minimum atomic E-state index is -3.78. The minimum Gasteiger partial charge on any atom is -0.495 e. The second-order valence-corrected chi connectivity index (χ2v) is 11.9. The van der Waals surface area contributed by atoms with E-state index in [0.717, 1.165) is 29.8 Å². The summed E-state index contributed by atoms with van der Waals surface area (Å²) >= 11 is 5.87. The van der Waals surface area contributed by atoms with Crippen LogP contribution in [0.15, 0.2) is 47.4 Å². The third-order valence-corrected chi connectivity index (χ3v) is 8.49. The molecule has 9 nitrogen and oxygen atoms in total. The molecule has 1 heterocycles. The highest BCUT2D eigenvalue weighted by Crippen LogP contribution is 2.30. The molecule has 1 N–H and O–H groups in total. The van der Waals surface area contributed by atoms with Gasteiger partial charge in [0.15, 0.2) is 0 Å². The first-order valence-electron chi connectivity index (χ1n) is 10.2. The van der Waals surface area contributed by atoms with Crippen LogP contribution in [-0.4, -0.2) is 60.0 Å². The van der Waals surface area contributed by atoms with Crippen molar-refractivity contribution in [1.82, 2.24) is 4.31 Å². The number of ether oxygens (including phenoxy) is 1. The van der Waals surface area contributed by atoms with Gasteiger partial charge in [-0.15, -0.1) is 0 Å². The van der Waals surface area contributed by atoms with E-state index in [1.165, 1.54) is 53.9 Å². The van der Waals surface area contributed by atoms with Crippen molar-refractivity contribution in [2.45, 2.75) is 24.2 Å². The number of hydrogen-bond donors (Lipinski definition) is 1. The molecule has 1 fully saturated rings. The number of hydrogen-bond acceptors (Lipinski definition) is 6. The van der Waals surface area contributed by atoms with Gasteiger partial charge in [-0.1, -0.05) is 18.0 Å². The number of piperidine rings is 1. The summed E-state index contributed by atoms with van der Waals surface area (Å²) in [5.74, 6) is -0.417. The van der Waals surface area contributed by atoms with Crippen LogP contribution in [0.4, 0.5) is 11.4 Å². The fourth-order valence-electron chi connectivity index (χ4n) is 3.53. The maximum Gasteiger partial charge on any atom is 0.245 e. The largest absolute Gasteiger partial charge is 0.495 e. The third-order valence-electron chi connectivity index (χ3n) is 5.20. The summed E-state index contributed by atoms with van der Waals surface area (Å²) in [7, 11) is -6.13. The molecule has 0 unspecified atom stereocenters. The fraction of sp³-hybridized carbons (Fsp3) is 0.381. The summed E-state index contributed by atoms with van der Waals surface area (Å²) < 4.78 is 58.2. The average molecular weight is 516 g/mol. The predicted molar refractivity (Wildman–Crippen MR) is 128 cm³/mol. The lowest BCUT2D eigenvalue weighted by Gasteiger charge is -2.26. The van der Waals surface area contributed by atoms with Crippen LogP contribution in [0.2, 0.25) is 5.02 Å². The van der Waals surface area contributed by atoms with E-state index in [2.05, 4.69) is 5.32 Å². The quantitative estimate of drug-likeness (QED) is 0.578. The molecule has 33 heavy (non-hydrogen) atoms. The van der Waals surface area contributed by atoms with E-state index in [0.29, 0.717) is 18.1 Å². The number of amides is 1. The van der Waals surface area contributed by atoms with E-state index in [1.54, 1.807) is 0 Å². The van der Waals surface area contributed by atoms with Crippen molar-refractivity contribution >= 4 is 48.9 Å². The Labute approximate surface area is 199 Å². The van der Waals surface area contributed by atoms with E-state index < -0.39 is 32.5 Å². The second-order valence-electron chi connectivity index (χ2n) is 7.62. The van der Waals surface area contributed by atoms with Gasteiger partial charge in [0.05, 0.1) is 29.6 Å². The van der Waals surface area contributed by atoms with Gasteiger partial charge in [-0.2, -0.15) is 4.31 Å². The standard InChI is InChI=1S/C21H26ClN3O6S2/c1-31-20-11-10-18(33(29,30)24-12-4-3-5-13-24)14-19(20)23-21(26)15-25(32(2,27)28)17-8-6-16(22)7-9-17/h6-11,14H,3-5,12-13,15H2,1-2H3,(H,23,26). The smallest absolute Gasteiger partial charge is 0.245 e. The molecule has 0 aromatic heterocycles. The van der Waals surface area contributed by atoms with Crippen molar-refractivity contribution in [2.75, 3.05) is 42.6 Å². The summed E-state index contributed by atoms with van der Waals surface area (Å²) in [6.45, 7) is 0.369. The van der Waals surface area contributed by atoms with Crippen LogP contribution < -0.4 is 14.4 Å². The molecule has 0 atom stereocenters. The predicted octanol–water partition coefficient (Wildman–Crippen LogP) is 2.93. The first kappa shape index (κ1) is 25.3. The monoisotopic (exact) mass is 515 g/mol. The molecule has 3 rings (SSSR count). The first-order chi connectivity index (χ1) is 15.5. The topological polar surface area (TPSA) is 113 Å². The molecular formula is C21H26ClN3O6S2. The molecule has 1 amide bonds. The van der Waals surface area contributed by atoms with Crippen LogP contribution in [-0.2, 0) is 24.8 Å². The molecule has 2 aromatic carbocycles. The second kappa shape index (κ2) is 10.3. The van der Waals surface area contributed by atoms with Crippen molar-refractivity contribution in [3.63, 3.8) is 0 Å². The van der Waals surface area contributed by atoms with E-state index >= 15 is 0 Å². The van der Waals surface area contributed by atoms with Crippen LogP contribution in [0, 0.1) is 0 Å². The number of carbonyl (C=O) groups is 1. The molecule has 1 aliphatic rings. The van der Waals surface area contributed by atoms with E-state index in [1.807, 2.05) is 0 Å². The Morgan fingerprint density at radius 3 is 2.27 bits per heavy atom. The van der Waals surface area contributed by atoms with Crippen molar-refractivity contribution in [2.24, 2.45) is 0 Å². The summed E-state index contributed by atoms with van der Waals surface area (Å²) in [6.07, 6.45) is 3.57. The number of methoxy groups -OCH3 is 1. The van der Waals surface area contributed by atoms with Crippen LogP contribution in [0.1, 0.15) is 19.3 Å². The highest BCUT2D eigenvalue weighted by atomic mass is 35.5. The molecule has 180 valence electrons. The number of nitrogens with zero attached hydrogens (tertiary/aromatic N) is 2. The Hall–Kier alpha value is -2.34. The van der Waals surface area contributed by atoms with Crippen LogP contribution in [0.5, 0.6) is 5.75 Å². The number of nitrogens with one attached hydrogen (secondary N) is 1. The third kappa shape index (κ3) is 6.17. The lowest BCUT2D eigenvalue weighted by Crippen LogP contribution is -2.37. The molecular weight excluding hydrogens is 490 g/mol. The molecule has 0 aliphatic carbocycles. The minimum absolute atomic E-state index is 0.0261. The van der Waals surface area contributed by atoms with Crippen molar-refractivity contribution in [3.8, 4) is 5.75 Å². The zero-order valence-electron chi connectivity index (χ0n) is 18.3. The average Bonchev–Trinajstić information content (AvgIpc) is 2.78. The fourth-order valence-corrected chi connectivity index (χ4v) is 6.05. The van der Waals surface area contributed by atoms with Gasteiger partial charge >= 0.3 is 0 Å². The number of halogens is 1. The van der Waals surface area contributed by atoms with Gasteiger partial charge in [0.2, 0.25) is 26.0 Å². The summed E-state index contributed by atoms with van der Waals surface area (Å²) in [5.41, 5.74) is 0.399. The van der Waals surface area contributed by atoms with Crippen LogP contribution >= 0.6 is 11.6 Å². The molecule has 0 radical (unpaired) electrons. The highest BCUT2D eigenvalue weighted by molar-refractivity contribution is 7.92. The summed E-state index contributed by atoms with van der Waals surface area (Å²) in [5, 5.41) is 3.01. The maximum atomic E-state index is 13.0. The van der Waals surface area contributed by atoms with E-state index in [4.69, 9.17) is 16.3 Å². The van der Waals surface area contributed by atoms with Gasteiger partial charge in [-0.05, 0) is 55.3 Å². The molecule has 1 aliphatic heterocycles. The molecule has 0 bridgehead atoms. The molecule has 0 saturated carbocycles. The Balaban J connectivity index is 1.85. The van der Waals surface area contributed by atoms with Gasteiger partial charge in [0.1, 0.15) is 12.3 Å². The lowest BCUT2D eigenvalue weighted by atomic mass is 10.2. The molecule has 1 saturated heterocycles. The van der Waals surface area contributed by atoms with Crippen LogP contribution in [0.3, 0.4) is 0 Å². The van der Waals surface area contributed by atoms with Gasteiger partial charge in [0.25, 0.3) is 0 Å². The summed E-state index contributed by atoms with van der Waals surface area (Å²) in [6, 6.07) is 10.2. The van der Waals surface area contributed by atoms with E-state index in [9.17, 15) is 21.6 Å². The Kier molecular flexibility index (Phi) is 7.88. The molecule has 0 spiro atoms. The Morgan fingerprint density at radius 1 is 1.06 bits per heavy atom. The zero-order valence-corrected chi connectivity index (χ0v) is 20.7. The summed E-state index contributed by atoms with van der Waals surface area (Å²) in [4.78, 5) is 12.8. The maximum absolute atomic E-state index is 13.0. The van der Waals surface area contributed by atoms with E-state index in [-0.39, 0.29) is 22.0 Å². The number of anilines is 2. The van der Waals surface area contributed by atoms with Gasteiger partial charge in [0, 0.05) is 18.1 Å². The van der Waals surface area contributed by atoms with Gasteiger partial charge in [-0.25, -0.2) is 16.8 Å². The first-order valence-corrected chi connectivity index (χ1v) is 13.9. The van der Waals surface area contributed by atoms with Crippen molar-refractivity contribution < 1.29 is 26.4 Å². The molecule has 12 heteroatoms. The molecule has 2 aromatic rings. The van der Waals surface area contributed by atoms with Gasteiger partial charge < -0.3 is 10.1 Å². The number of carbonyl (C=O) groups excluding carboxylic acids is 1. The number of benzene rings is 2. The lowest BCUT2D eigenvalue weighted by molar-refractivity contribution is -0.114. The Bertz CT molecular complexity index is 1210.